The number of para-hydroxylation sites is 1. The molecule has 3 heteroatoms. The van der Waals surface area contributed by atoms with E-state index in [1.54, 1.807) is 0 Å². The van der Waals surface area contributed by atoms with Crippen molar-refractivity contribution in [1.29, 1.82) is 0 Å². The molecule has 0 aliphatic rings. The van der Waals surface area contributed by atoms with Crippen molar-refractivity contribution < 1.29 is 4.74 Å². The van der Waals surface area contributed by atoms with Crippen LogP contribution in [0, 0.1) is 5.92 Å². The second-order valence-electron chi connectivity index (χ2n) is 5.64. The second-order valence-corrected chi connectivity index (χ2v) is 6.49. The first-order chi connectivity index (χ1) is 9.58. The van der Waals surface area contributed by atoms with E-state index in [1.807, 2.05) is 19.1 Å². The predicted octanol–water partition coefficient (Wildman–Crippen LogP) is 4.93. The van der Waals surface area contributed by atoms with Crippen molar-refractivity contribution in [3.8, 4) is 5.75 Å². The molecule has 114 valence electrons. The topological polar surface area (TPSA) is 35.2 Å². The zero-order valence-electron chi connectivity index (χ0n) is 13.0. The van der Waals surface area contributed by atoms with Gasteiger partial charge in [0, 0.05) is 6.04 Å². The molecule has 20 heavy (non-hydrogen) atoms. The van der Waals surface area contributed by atoms with Crippen molar-refractivity contribution in [2.75, 3.05) is 6.61 Å². The summed E-state index contributed by atoms with van der Waals surface area (Å²) in [4.78, 5) is 0. The number of hydrogen-bond acceptors (Lipinski definition) is 2. The zero-order valence-corrected chi connectivity index (χ0v) is 14.6. The lowest BCUT2D eigenvalue weighted by Crippen LogP contribution is -2.19. The van der Waals surface area contributed by atoms with E-state index in [0.29, 0.717) is 5.92 Å². The minimum atomic E-state index is 0.147. The number of unbranched alkanes of at least 4 members (excludes halogenated alkanes) is 1. The first kappa shape index (κ1) is 17.5. The smallest absolute Gasteiger partial charge is 0.136 e. The van der Waals surface area contributed by atoms with Crippen LogP contribution in [-0.2, 0) is 6.42 Å². The van der Waals surface area contributed by atoms with Crippen molar-refractivity contribution in [2.24, 2.45) is 11.7 Å². The maximum absolute atomic E-state index is 6.12. The molecule has 0 bridgehead atoms. The van der Waals surface area contributed by atoms with Gasteiger partial charge in [-0.2, -0.15) is 0 Å². The Kier molecular flexibility index (Phi) is 8.24. The number of benzene rings is 1. The first-order valence-electron chi connectivity index (χ1n) is 7.74. The molecule has 2 N–H and O–H groups in total. The lowest BCUT2D eigenvalue weighted by atomic mass is 10.0. The Morgan fingerprint density at radius 2 is 2.05 bits per heavy atom. The number of ether oxygens (including phenoxy) is 1. The summed E-state index contributed by atoms with van der Waals surface area (Å²) in [5.74, 6) is 1.62. The van der Waals surface area contributed by atoms with Gasteiger partial charge < -0.3 is 10.5 Å². The molecule has 0 radical (unpaired) electrons. The molecule has 0 saturated heterocycles. The molecule has 0 aliphatic heterocycles. The number of rotatable bonds is 9. The van der Waals surface area contributed by atoms with Crippen molar-refractivity contribution in [1.82, 2.24) is 0 Å². The fraction of sp³-hybridized carbons (Fsp3) is 0.647. The summed E-state index contributed by atoms with van der Waals surface area (Å²) >= 11 is 3.60. The van der Waals surface area contributed by atoms with Crippen LogP contribution < -0.4 is 10.5 Å². The Hall–Kier alpha value is -0.540. The fourth-order valence-corrected chi connectivity index (χ4v) is 2.84. The van der Waals surface area contributed by atoms with Gasteiger partial charge in [0.2, 0.25) is 0 Å². The molecule has 2 nitrogen and oxygen atoms in total. The van der Waals surface area contributed by atoms with E-state index in [9.17, 15) is 0 Å². The van der Waals surface area contributed by atoms with Gasteiger partial charge in [0.1, 0.15) is 5.75 Å². The van der Waals surface area contributed by atoms with Crippen LogP contribution in [0.1, 0.15) is 52.0 Å². The standard InChI is InChI=1S/C17H28BrNO/c1-4-6-8-14(5-2)12-20-17-15(11-13(3)19)9-7-10-16(17)18/h7,9-10,13-14H,4-6,8,11-12,19H2,1-3H3. The molecule has 0 amide bonds. The second kappa shape index (κ2) is 9.41. The van der Waals surface area contributed by atoms with Gasteiger partial charge in [0.15, 0.2) is 0 Å². The van der Waals surface area contributed by atoms with Crippen molar-refractivity contribution in [3.05, 3.63) is 28.2 Å². The van der Waals surface area contributed by atoms with Gasteiger partial charge >= 0.3 is 0 Å². The van der Waals surface area contributed by atoms with Crippen molar-refractivity contribution in [2.45, 2.75) is 58.9 Å². The zero-order chi connectivity index (χ0) is 15.0. The fourth-order valence-electron chi connectivity index (χ4n) is 2.32. The van der Waals surface area contributed by atoms with Gasteiger partial charge in [0.05, 0.1) is 11.1 Å². The minimum Gasteiger partial charge on any atom is -0.492 e. The molecule has 0 saturated carbocycles. The van der Waals surface area contributed by atoms with E-state index in [4.69, 9.17) is 10.5 Å². The lowest BCUT2D eigenvalue weighted by molar-refractivity contribution is 0.230. The summed E-state index contributed by atoms with van der Waals surface area (Å²) in [6, 6.07) is 6.33. The predicted molar refractivity (Wildman–Crippen MR) is 90.3 cm³/mol. The number of hydrogen-bond donors (Lipinski definition) is 1. The van der Waals surface area contributed by atoms with Gasteiger partial charge in [-0.3, -0.25) is 0 Å². The van der Waals surface area contributed by atoms with Gasteiger partial charge in [-0.25, -0.2) is 0 Å². The highest BCUT2D eigenvalue weighted by Gasteiger charge is 2.13. The lowest BCUT2D eigenvalue weighted by Gasteiger charge is -2.19. The molecule has 0 fully saturated rings. The Morgan fingerprint density at radius 3 is 2.65 bits per heavy atom. The average molecular weight is 342 g/mol. The minimum absolute atomic E-state index is 0.147. The van der Waals surface area contributed by atoms with Crippen molar-refractivity contribution in [3.63, 3.8) is 0 Å². The summed E-state index contributed by atoms with van der Waals surface area (Å²) in [5.41, 5.74) is 7.11. The highest BCUT2D eigenvalue weighted by molar-refractivity contribution is 9.10. The van der Waals surface area contributed by atoms with Crippen LogP contribution in [0.15, 0.2) is 22.7 Å². The molecule has 1 rings (SSSR count). The molecular formula is C17H28BrNO. The molecular weight excluding hydrogens is 314 g/mol. The molecule has 0 spiro atoms. The van der Waals surface area contributed by atoms with Crippen LogP contribution in [-0.4, -0.2) is 12.6 Å². The third-order valence-electron chi connectivity index (χ3n) is 3.60. The van der Waals surface area contributed by atoms with Crippen LogP contribution in [0.5, 0.6) is 5.75 Å². The molecule has 0 aromatic heterocycles. The summed E-state index contributed by atoms with van der Waals surface area (Å²) in [7, 11) is 0. The van der Waals surface area contributed by atoms with Crippen LogP contribution in [0.4, 0.5) is 0 Å². The summed E-state index contributed by atoms with van der Waals surface area (Å²) in [6.07, 6.45) is 5.81. The molecule has 2 unspecified atom stereocenters. The average Bonchev–Trinajstić information content (AvgIpc) is 2.40. The van der Waals surface area contributed by atoms with E-state index < -0.39 is 0 Å². The summed E-state index contributed by atoms with van der Waals surface area (Å²) in [5, 5.41) is 0. The van der Waals surface area contributed by atoms with E-state index in [1.165, 1.54) is 31.2 Å². The van der Waals surface area contributed by atoms with Crippen LogP contribution >= 0.6 is 15.9 Å². The highest BCUT2D eigenvalue weighted by Crippen LogP contribution is 2.30. The van der Waals surface area contributed by atoms with E-state index in [2.05, 4.69) is 35.8 Å². The normalized spacial score (nSPS) is 14.1. The molecule has 1 aromatic rings. The highest BCUT2D eigenvalue weighted by atomic mass is 79.9. The van der Waals surface area contributed by atoms with Gasteiger partial charge in [-0.1, -0.05) is 45.2 Å². The van der Waals surface area contributed by atoms with Gasteiger partial charge in [0.25, 0.3) is 0 Å². The molecule has 0 aliphatic carbocycles. The third-order valence-corrected chi connectivity index (χ3v) is 4.22. The van der Waals surface area contributed by atoms with Crippen LogP contribution in [0.3, 0.4) is 0 Å². The van der Waals surface area contributed by atoms with E-state index in [0.717, 1.165) is 23.2 Å². The van der Waals surface area contributed by atoms with Crippen molar-refractivity contribution >= 4 is 15.9 Å². The SMILES string of the molecule is CCCCC(CC)COc1c(Br)cccc1CC(C)N. The van der Waals surface area contributed by atoms with E-state index in [-0.39, 0.29) is 6.04 Å². The first-order valence-corrected chi connectivity index (χ1v) is 8.53. The molecule has 0 heterocycles. The van der Waals surface area contributed by atoms with Crippen LogP contribution in [0.2, 0.25) is 0 Å². The molecule has 1 aromatic carbocycles. The Morgan fingerprint density at radius 1 is 1.30 bits per heavy atom. The Labute approximate surface area is 132 Å². The maximum atomic E-state index is 6.12. The van der Waals surface area contributed by atoms with Gasteiger partial charge in [-0.05, 0) is 53.2 Å². The van der Waals surface area contributed by atoms with Gasteiger partial charge in [-0.15, -0.1) is 0 Å². The largest absolute Gasteiger partial charge is 0.492 e. The number of halogens is 1. The Bertz CT molecular complexity index is 393. The quantitative estimate of drug-likeness (QED) is 0.690. The molecule has 2 atom stereocenters. The summed E-state index contributed by atoms with van der Waals surface area (Å²) < 4.78 is 7.15. The summed E-state index contributed by atoms with van der Waals surface area (Å²) in [6.45, 7) is 7.31. The third kappa shape index (κ3) is 5.84. The van der Waals surface area contributed by atoms with Crippen LogP contribution in [0.25, 0.3) is 0 Å². The maximum Gasteiger partial charge on any atom is 0.136 e. The number of nitrogens with two attached hydrogens (primary N) is 1. The Balaban J connectivity index is 2.70. The monoisotopic (exact) mass is 341 g/mol. The van der Waals surface area contributed by atoms with E-state index >= 15 is 0 Å².